The third kappa shape index (κ3) is 4.47. The van der Waals surface area contributed by atoms with Crippen LogP contribution in [0.1, 0.15) is 113 Å². The second-order valence-electron chi connectivity index (χ2n) is 14.3. The van der Waals surface area contributed by atoms with Crippen LogP contribution in [0.5, 0.6) is 0 Å². The number of aliphatic hydroxyl groups is 3. The van der Waals surface area contributed by atoms with Crippen molar-refractivity contribution in [3.05, 3.63) is 11.1 Å². The number of ether oxygens (including phenoxy) is 1. The topological polar surface area (TPSA) is 87.0 Å². The van der Waals surface area contributed by atoms with E-state index in [2.05, 4.69) is 20.8 Å². The molecule has 1 aliphatic heterocycles. The van der Waals surface area contributed by atoms with Gasteiger partial charge >= 0.3 is 0 Å². The number of rotatable bonds is 3. The minimum Gasteiger partial charge on any atom is -0.390 e. The lowest BCUT2D eigenvalue weighted by atomic mass is 9.55. The van der Waals surface area contributed by atoms with Gasteiger partial charge in [-0.3, -0.25) is 4.79 Å². The van der Waals surface area contributed by atoms with E-state index < -0.39 is 22.9 Å². The van der Waals surface area contributed by atoms with Crippen molar-refractivity contribution in [2.75, 3.05) is 0 Å². The van der Waals surface area contributed by atoms with Crippen LogP contribution in [0.15, 0.2) is 11.1 Å². The molecule has 2 saturated carbocycles. The second-order valence-corrected chi connectivity index (χ2v) is 14.3. The summed E-state index contributed by atoms with van der Waals surface area (Å²) in [5.74, 6) is 0.453. The zero-order chi connectivity index (χ0) is 26.2. The first-order valence-corrected chi connectivity index (χ1v) is 14.0. The average Bonchev–Trinajstić information content (AvgIpc) is 2.96. The first-order chi connectivity index (χ1) is 15.9. The van der Waals surface area contributed by atoms with Crippen LogP contribution in [0.4, 0.5) is 0 Å². The third-order valence-electron chi connectivity index (χ3n) is 11.3. The first-order valence-electron chi connectivity index (χ1n) is 14.0. The number of hydrogen-bond acceptors (Lipinski definition) is 5. The predicted octanol–water partition coefficient (Wildman–Crippen LogP) is 5.35. The maximum absolute atomic E-state index is 13.3. The Bertz CT molecular complexity index is 881. The van der Waals surface area contributed by atoms with Gasteiger partial charge in [-0.05, 0) is 120 Å². The fourth-order valence-electron chi connectivity index (χ4n) is 8.79. The molecular weight excluding hydrogens is 440 g/mol. The zero-order valence-corrected chi connectivity index (χ0v) is 23.4. The highest BCUT2D eigenvalue weighted by atomic mass is 16.5. The van der Waals surface area contributed by atoms with E-state index in [9.17, 15) is 20.1 Å². The predicted molar refractivity (Wildman–Crippen MR) is 138 cm³/mol. The molecule has 200 valence electrons. The van der Waals surface area contributed by atoms with Gasteiger partial charge in [0.05, 0.1) is 29.0 Å². The summed E-state index contributed by atoms with van der Waals surface area (Å²) >= 11 is 0. The van der Waals surface area contributed by atoms with E-state index in [0.717, 1.165) is 44.1 Å². The van der Waals surface area contributed by atoms with Gasteiger partial charge in [0.25, 0.3) is 0 Å². The highest BCUT2D eigenvalue weighted by Gasteiger charge is 2.57. The summed E-state index contributed by atoms with van der Waals surface area (Å²) in [7, 11) is 0. The molecule has 0 aromatic carbocycles. The van der Waals surface area contributed by atoms with Gasteiger partial charge in [0.1, 0.15) is 0 Å². The summed E-state index contributed by atoms with van der Waals surface area (Å²) in [6.45, 7) is 16.6. The van der Waals surface area contributed by atoms with E-state index in [4.69, 9.17) is 4.74 Å². The van der Waals surface area contributed by atoms with E-state index in [1.807, 2.05) is 34.6 Å². The Balaban J connectivity index is 1.65. The number of carbonyl (C=O) groups excluding carboxylic acids is 1. The molecule has 0 unspecified atom stereocenters. The molecule has 4 rings (SSSR count). The smallest absolute Gasteiger partial charge is 0.158 e. The third-order valence-corrected chi connectivity index (χ3v) is 11.3. The Labute approximate surface area is 212 Å². The molecule has 3 aliphatic carbocycles. The summed E-state index contributed by atoms with van der Waals surface area (Å²) in [6.07, 6.45) is 6.10. The van der Waals surface area contributed by atoms with Gasteiger partial charge in [-0.15, -0.1) is 0 Å². The van der Waals surface area contributed by atoms with Crippen molar-refractivity contribution in [2.24, 2.45) is 28.6 Å². The van der Waals surface area contributed by atoms with E-state index in [-0.39, 0.29) is 40.5 Å². The summed E-state index contributed by atoms with van der Waals surface area (Å²) in [5, 5.41) is 33.5. The number of fused-ring (bicyclic) bond motifs is 2. The number of hydrogen-bond donors (Lipinski definition) is 3. The molecule has 4 aliphatic rings. The standard InChI is InChI=1S/C30H50O5/c1-18-19(26(2,3)20-11-15-29(7,33)21(20)17-22(18)31)9-10-23-28(6)14-12-24(32)27(4,5)35-25(28)13-16-30(23,8)34/h20-21,23-25,32-34H,9-17H2,1-8H3/t20-,21-,23-,24-,25-,28-,29-,30+/m1/s1. The molecule has 1 heterocycles. The summed E-state index contributed by atoms with van der Waals surface area (Å²) in [6, 6.07) is 0. The molecule has 35 heavy (non-hydrogen) atoms. The minimum absolute atomic E-state index is 0.00360. The molecule has 0 radical (unpaired) electrons. The Morgan fingerprint density at radius 2 is 1.51 bits per heavy atom. The van der Waals surface area contributed by atoms with E-state index >= 15 is 0 Å². The zero-order valence-electron chi connectivity index (χ0n) is 23.4. The lowest BCUT2D eigenvalue weighted by Crippen LogP contribution is -2.56. The van der Waals surface area contributed by atoms with Gasteiger partial charge in [0, 0.05) is 6.42 Å². The molecule has 0 amide bonds. The van der Waals surface area contributed by atoms with Crippen LogP contribution in [-0.2, 0) is 9.53 Å². The van der Waals surface area contributed by atoms with Crippen LogP contribution >= 0.6 is 0 Å². The SMILES string of the molecule is CC1=C(CC[C@@H]2[C@@]3(C)CC[C@@H](O)C(C)(C)O[C@@H]3CC[C@]2(C)O)C(C)(C)[C@@H]2CC[C@@](C)(O)[C@@H]2CC1=O. The lowest BCUT2D eigenvalue weighted by Gasteiger charge is -2.54. The van der Waals surface area contributed by atoms with Gasteiger partial charge in [0.15, 0.2) is 5.78 Å². The molecule has 0 aromatic heterocycles. The van der Waals surface area contributed by atoms with E-state index in [0.29, 0.717) is 19.3 Å². The Morgan fingerprint density at radius 3 is 2.17 bits per heavy atom. The van der Waals surface area contributed by atoms with Crippen molar-refractivity contribution < 1.29 is 24.9 Å². The van der Waals surface area contributed by atoms with Gasteiger partial charge in [-0.25, -0.2) is 0 Å². The average molecular weight is 491 g/mol. The van der Waals surface area contributed by atoms with Gasteiger partial charge in [0.2, 0.25) is 0 Å². The Kier molecular flexibility index (Phi) is 6.74. The van der Waals surface area contributed by atoms with Gasteiger partial charge < -0.3 is 20.1 Å². The quantitative estimate of drug-likeness (QED) is 0.497. The normalized spacial score (nSPS) is 47.6. The molecule has 0 spiro atoms. The van der Waals surface area contributed by atoms with Crippen molar-refractivity contribution in [1.82, 2.24) is 0 Å². The molecule has 3 N–H and O–H groups in total. The van der Waals surface area contributed by atoms with Crippen LogP contribution in [0.2, 0.25) is 0 Å². The number of aliphatic hydroxyl groups excluding tert-OH is 1. The molecule has 5 nitrogen and oxygen atoms in total. The van der Waals surface area contributed by atoms with Gasteiger partial charge in [-0.2, -0.15) is 0 Å². The summed E-state index contributed by atoms with van der Waals surface area (Å²) < 4.78 is 6.56. The van der Waals surface area contributed by atoms with E-state index in [1.165, 1.54) is 5.57 Å². The molecule has 0 aromatic rings. The lowest BCUT2D eigenvalue weighted by molar-refractivity contribution is -0.205. The second kappa shape index (κ2) is 8.64. The fraction of sp³-hybridized carbons (Fsp3) is 0.900. The molecule has 8 atom stereocenters. The monoisotopic (exact) mass is 490 g/mol. The van der Waals surface area contributed by atoms with E-state index in [1.54, 1.807) is 0 Å². The Morgan fingerprint density at radius 1 is 0.886 bits per heavy atom. The highest BCUT2D eigenvalue weighted by molar-refractivity contribution is 5.96. The van der Waals surface area contributed by atoms with Crippen molar-refractivity contribution in [1.29, 1.82) is 0 Å². The fourth-order valence-corrected chi connectivity index (χ4v) is 8.79. The number of allylic oxidation sites excluding steroid dienone is 2. The minimum atomic E-state index is -0.818. The maximum atomic E-state index is 13.3. The molecule has 0 bridgehead atoms. The van der Waals surface area contributed by atoms with Crippen LogP contribution in [0.25, 0.3) is 0 Å². The molecule has 1 saturated heterocycles. The van der Waals surface area contributed by atoms with Gasteiger partial charge in [-0.1, -0.05) is 26.3 Å². The summed E-state index contributed by atoms with van der Waals surface area (Å²) in [5.41, 5.74) is -0.550. The van der Waals surface area contributed by atoms with Crippen LogP contribution < -0.4 is 0 Å². The number of ketones is 1. The first kappa shape index (κ1) is 27.3. The van der Waals surface area contributed by atoms with Crippen molar-refractivity contribution >= 4 is 5.78 Å². The van der Waals surface area contributed by atoms with Crippen LogP contribution in [0, 0.1) is 28.6 Å². The highest BCUT2D eigenvalue weighted by Crippen LogP contribution is 2.59. The largest absolute Gasteiger partial charge is 0.390 e. The van der Waals surface area contributed by atoms with Crippen LogP contribution in [-0.4, -0.2) is 50.1 Å². The van der Waals surface area contributed by atoms with Crippen LogP contribution in [0.3, 0.4) is 0 Å². The molecule has 5 heteroatoms. The molecular formula is C30H50O5. The number of Topliss-reactive ketones (excluding diaryl/α,β-unsaturated/α-hetero) is 1. The number of carbonyl (C=O) groups is 1. The maximum Gasteiger partial charge on any atom is 0.158 e. The molecule has 3 fully saturated rings. The summed E-state index contributed by atoms with van der Waals surface area (Å²) in [4.78, 5) is 13.3. The van der Waals surface area contributed by atoms with Crippen molar-refractivity contribution in [2.45, 2.75) is 142 Å². The van der Waals surface area contributed by atoms with Crippen molar-refractivity contribution in [3.8, 4) is 0 Å². The van der Waals surface area contributed by atoms with Crippen molar-refractivity contribution in [3.63, 3.8) is 0 Å². The Hall–Kier alpha value is -0.750.